The van der Waals surface area contributed by atoms with Crippen LogP contribution in [0.2, 0.25) is 0 Å². The van der Waals surface area contributed by atoms with Crippen LogP contribution in [0, 0.1) is 13.8 Å². The second kappa shape index (κ2) is 6.74. The zero-order valence-electron chi connectivity index (χ0n) is 14.1. The van der Waals surface area contributed by atoms with E-state index in [0.29, 0.717) is 22.2 Å². The average molecular weight is 360 g/mol. The number of hydrogen-bond acceptors (Lipinski definition) is 4. The van der Waals surface area contributed by atoms with Crippen LogP contribution in [0.3, 0.4) is 0 Å². The SMILES string of the molecule is Cc1nc2ccc(C(=O)OCc3ccc(C(F)(F)F)cc3)cc2nc1C. The number of aryl methyl sites for hydroxylation is 2. The Balaban J connectivity index is 1.72. The maximum absolute atomic E-state index is 12.5. The molecule has 0 unspecified atom stereocenters. The van der Waals surface area contributed by atoms with Gasteiger partial charge in [0.2, 0.25) is 0 Å². The van der Waals surface area contributed by atoms with E-state index in [9.17, 15) is 18.0 Å². The molecule has 3 aromatic rings. The Morgan fingerprint density at radius 3 is 2.19 bits per heavy atom. The molecular formula is C19H15F3N2O2. The van der Waals surface area contributed by atoms with Gasteiger partial charge in [-0.25, -0.2) is 14.8 Å². The van der Waals surface area contributed by atoms with Crippen molar-refractivity contribution in [1.29, 1.82) is 0 Å². The average Bonchev–Trinajstić information content (AvgIpc) is 2.60. The fourth-order valence-electron chi connectivity index (χ4n) is 2.38. The monoisotopic (exact) mass is 360 g/mol. The standard InChI is InChI=1S/C19H15F3N2O2/c1-11-12(2)24-17-9-14(5-8-16(17)23-11)18(25)26-10-13-3-6-15(7-4-13)19(20,21)22/h3-9H,10H2,1-2H3. The third-order valence-electron chi connectivity index (χ3n) is 3.96. The first-order valence-electron chi connectivity index (χ1n) is 7.82. The van der Waals surface area contributed by atoms with Crippen molar-refractivity contribution in [2.24, 2.45) is 0 Å². The van der Waals surface area contributed by atoms with Crippen molar-refractivity contribution in [1.82, 2.24) is 9.97 Å². The van der Waals surface area contributed by atoms with Crippen LogP contribution in [0.1, 0.15) is 32.9 Å². The molecule has 0 atom stereocenters. The topological polar surface area (TPSA) is 52.1 Å². The number of alkyl halides is 3. The summed E-state index contributed by atoms with van der Waals surface area (Å²) in [5.74, 6) is -0.577. The number of carbonyl (C=O) groups excluding carboxylic acids is 1. The number of halogens is 3. The number of carbonyl (C=O) groups is 1. The molecule has 7 heteroatoms. The molecule has 1 heterocycles. The minimum absolute atomic E-state index is 0.117. The molecule has 0 aliphatic rings. The minimum atomic E-state index is -4.39. The van der Waals surface area contributed by atoms with Gasteiger partial charge < -0.3 is 4.74 Å². The third kappa shape index (κ3) is 3.82. The summed E-state index contributed by atoms with van der Waals surface area (Å²) in [6.07, 6.45) is -4.39. The Hall–Kier alpha value is -2.96. The van der Waals surface area contributed by atoms with Gasteiger partial charge in [0.15, 0.2) is 0 Å². The zero-order valence-corrected chi connectivity index (χ0v) is 14.1. The van der Waals surface area contributed by atoms with E-state index in [1.165, 1.54) is 12.1 Å². The highest BCUT2D eigenvalue weighted by atomic mass is 19.4. The van der Waals surface area contributed by atoms with E-state index in [4.69, 9.17) is 4.74 Å². The van der Waals surface area contributed by atoms with E-state index in [1.54, 1.807) is 18.2 Å². The lowest BCUT2D eigenvalue weighted by Gasteiger charge is -2.09. The van der Waals surface area contributed by atoms with Gasteiger partial charge in [-0.05, 0) is 49.7 Å². The van der Waals surface area contributed by atoms with Gasteiger partial charge in [0.1, 0.15) is 6.61 Å². The molecule has 0 saturated heterocycles. The highest BCUT2D eigenvalue weighted by molar-refractivity contribution is 5.93. The van der Waals surface area contributed by atoms with Crippen LogP contribution < -0.4 is 0 Å². The summed E-state index contributed by atoms with van der Waals surface area (Å²) in [5.41, 5.74) is 2.87. The van der Waals surface area contributed by atoms with Crippen LogP contribution in [-0.2, 0) is 17.5 Å². The van der Waals surface area contributed by atoms with Gasteiger partial charge in [-0.3, -0.25) is 0 Å². The fourth-order valence-corrected chi connectivity index (χ4v) is 2.38. The van der Waals surface area contributed by atoms with E-state index in [0.717, 1.165) is 23.5 Å². The first-order valence-corrected chi connectivity index (χ1v) is 7.82. The normalized spacial score (nSPS) is 11.6. The quantitative estimate of drug-likeness (QED) is 0.640. The molecule has 0 aliphatic carbocycles. The number of hydrogen-bond donors (Lipinski definition) is 0. The van der Waals surface area contributed by atoms with Gasteiger partial charge in [-0.2, -0.15) is 13.2 Å². The lowest BCUT2D eigenvalue weighted by molar-refractivity contribution is -0.137. The van der Waals surface area contributed by atoms with E-state index in [2.05, 4.69) is 9.97 Å². The first-order chi connectivity index (χ1) is 12.2. The van der Waals surface area contributed by atoms with Crippen LogP contribution in [0.25, 0.3) is 11.0 Å². The van der Waals surface area contributed by atoms with Crippen molar-refractivity contribution in [3.05, 3.63) is 70.5 Å². The molecule has 2 aromatic carbocycles. The Morgan fingerprint density at radius 2 is 1.58 bits per heavy atom. The number of ether oxygens (including phenoxy) is 1. The van der Waals surface area contributed by atoms with Crippen LogP contribution in [0.4, 0.5) is 13.2 Å². The third-order valence-corrected chi connectivity index (χ3v) is 3.96. The van der Waals surface area contributed by atoms with Crippen LogP contribution in [-0.4, -0.2) is 15.9 Å². The highest BCUT2D eigenvalue weighted by Gasteiger charge is 2.29. The molecule has 134 valence electrons. The molecule has 0 aliphatic heterocycles. The van der Waals surface area contributed by atoms with Crippen molar-refractivity contribution in [3.8, 4) is 0 Å². The molecule has 0 bridgehead atoms. The predicted molar refractivity (Wildman–Crippen MR) is 89.6 cm³/mol. The summed E-state index contributed by atoms with van der Waals surface area (Å²) in [7, 11) is 0. The molecule has 0 spiro atoms. The van der Waals surface area contributed by atoms with Crippen LogP contribution in [0.15, 0.2) is 42.5 Å². The summed E-state index contributed by atoms with van der Waals surface area (Å²) in [5, 5.41) is 0. The number of nitrogens with zero attached hydrogens (tertiary/aromatic N) is 2. The van der Waals surface area contributed by atoms with E-state index >= 15 is 0 Å². The molecule has 0 fully saturated rings. The maximum Gasteiger partial charge on any atom is 0.416 e. The van der Waals surface area contributed by atoms with Crippen molar-refractivity contribution in [2.45, 2.75) is 26.6 Å². The minimum Gasteiger partial charge on any atom is -0.457 e. The molecule has 0 saturated carbocycles. The van der Waals surface area contributed by atoms with Gasteiger partial charge in [-0.1, -0.05) is 12.1 Å². The largest absolute Gasteiger partial charge is 0.457 e. The molecule has 0 radical (unpaired) electrons. The molecular weight excluding hydrogens is 345 g/mol. The predicted octanol–water partition coefficient (Wildman–Crippen LogP) is 4.62. The van der Waals surface area contributed by atoms with Gasteiger partial charge in [0.05, 0.1) is 33.5 Å². The van der Waals surface area contributed by atoms with Crippen molar-refractivity contribution >= 4 is 17.0 Å². The second-order valence-corrected chi connectivity index (χ2v) is 5.87. The first kappa shape index (κ1) is 17.8. The smallest absolute Gasteiger partial charge is 0.416 e. The summed E-state index contributed by atoms with van der Waals surface area (Å²) in [6.45, 7) is 3.57. The Bertz CT molecular complexity index is 967. The lowest BCUT2D eigenvalue weighted by Crippen LogP contribution is -2.07. The van der Waals surface area contributed by atoms with E-state index in [1.807, 2.05) is 13.8 Å². The summed E-state index contributed by atoms with van der Waals surface area (Å²) < 4.78 is 42.8. The van der Waals surface area contributed by atoms with Crippen LogP contribution in [0.5, 0.6) is 0 Å². The van der Waals surface area contributed by atoms with Gasteiger partial charge in [0.25, 0.3) is 0 Å². The summed E-state index contributed by atoms with van der Waals surface area (Å²) >= 11 is 0. The van der Waals surface area contributed by atoms with Crippen molar-refractivity contribution < 1.29 is 22.7 Å². The fraction of sp³-hybridized carbons (Fsp3) is 0.211. The molecule has 0 N–H and O–H groups in total. The van der Waals surface area contributed by atoms with Crippen LogP contribution >= 0.6 is 0 Å². The number of benzene rings is 2. The Kier molecular flexibility index (Phi) is 4.63. The number of fused-ring (bicyclic) bond motifs is 1. The molecule has 1 aromatic heterocycles. The van der Waals surface area contributed by atoms with E-state index in [-0.39, 0.29) is 6.61 Å². The lowest BCUT2D eigenvalue weighted by atomic mass is 10.1. The Labute approximate surface area is 147 Å². The van der Waals surface area contributed by atoms with Crippen molar-refractivity contribution in [2.75, 3.05) is 0 Å². The highest BCUT2D eigenvalue weighted by Crippen LogP contribution is 2.29. The molecule has 4 nitrogen and oxygen atoms in total. The van der Waals surface area contributed by atoms with Crippen molar-refractivity contribution in [3.63, 3.8) is 0 Å². The zero-order chi connectivity index (χ0) is 18.9. The molecule has 3 rings (SSSR count). The summed E-state index contributed by atoms with van der Waals surface area (Å²) in [6, 6.07) is 9.34. The number of rotatable bonds is 3. The maximum atomic E-state index is 12.5. The van der Waals surface area contributed by atoms with Gasteiger partial charge in [-0.15, -0.1) is 0 Å². The van der Waals surface area contributed by atoms with Gasteiger partial charge in [0, 0.05) is 0 Å². The molecule has 26 heavy (non-hydrogen) atoms. The number of aromatic nitrogens is 2. The molecule has 0 amide bonds. The summed E-state index contributed by atoms with van der Waals surface area (Å²) in [4.78, 5) is 21.0. The second-order valence-electron chi connectivity index (χ2n) is 5.87. The van der Waals surface area contributed by atoms with E-state index < -0.39 is 17.7 Å². The number of esters is 1. The Morgan fingerprint density at radius 1 is 0.962 bits per heavy atom. The van der Waals surface area contributed by atoms with Gasteiger partial charge >= 0.3 is 12.1 Å².